The van der Waals surface area contributed by atoms with E-state index in [4.69, 9.17) is 4.74 Å². The van der Waals surface area contributed by atoms with Crippen LogP contribution in [-0.4, -0.2) is 27.4 Å². The number of pyridine rings is 1. The first-order valence-electron chi connectivity index (χ1n) is 8.00. The maximum absolute atomic E-state index is 12.5. The molecule has 4 rings (SSSR count). The van der Waals surface area contributed by atoms with Crippen LogP contribution in [-0.2, 0) is 0 Å². The maximum Gasteiger partial charge on any atom is 0.277 e. The quantitative estimate of drug-likeness (QED) is 0.594. The van der Waals surface area contributed by atoms with Gasteiger partial charge < -0.3 is 9.14 Å². The number of aryl methyl sites for hydroxylation is 1. The average molecular weight is 364 g/mol. The summed E-state index contributed by atoms with van der Waals surface area (Å²) in [5, 5.41) is 5.23. The third kappa shape index (κ3) is 2.93. The Morgan fingerprint density at radius 3 is 2.81 bits per heavy atom. The first-order valence-corrected chi connectivity index (χ1v) is 8.88. The number of carbonyl (C=O) groups excluding carboxylic acids is 1. The molecule has 26 heavy (non-hydrogen) atoms. The first-order chi connectivity index (χ1) is 12.7. The van der Waals surface area contributed by atoms with E-state index in [1.165, 1.54) is 11.3 Å². The summed E-state index contributed by atoms with van der Waals surface area (Å²) in [6.45, 7) is 1.97. The Bertz CT molecular complexity index is 1100. The van der Waals surface area contributed by atoms with Gasteiger partial charge in [0.1, 0.15) is 17.1 Å². The van der Waals surface area contributed by atoms with Crippen LogP contribution in [0.25, 0.3) is 16.9 Å². The molecule has 0 spiro atoms. The van der Waals surface area contributed by atoms with Crippen molar-refractivity contribution in [2.75, 3.05) is 12.4 Å². The molecule has 0 aliphatic carbocycles. The number of imidazole rings is 1. The molecule has 0 radical (unpaired) electrons. The number of nitrogens with zero attached hydrogens (tertiary/aromatic N) is 3. The number of fused-ring (bicyclic) bond motifs is 1. The standard InChI is InChI=1S/C19H16N4O2S/c1-12-6-5-9-17-20-14(10-23(12)17)18(24)22-19-21-15(11-26-19)13-7-3-4-8-16(13)25-2/h3-11H,1-2H3,(H,21,22,24). The SMILES string of the molecule is COc1ccccc1-c1csc(NC(=O)c2cn3c(C)cccc3n2)n1. The van der Waals surface area contributed by atoms with E-state index in [9.17, 15) is 4.79 Å². The van der Waals surface area contributed by atoms with Gasteiger partial charge in [0.05, 0.1) is 12.8 Å². The number of benzene rings is 1. The Hall–Kier alpha value is -3.19. The maximum atomic E-state index is 12.5. The van der Waals surface area contributed by atoms with Crippen molar-refractivity contribution in [2.24, 2.45) is 0 Å². The molecule has 0 fully saturated rings. The van der Waals surface area contributed by atoms with Gasteiger partial charge in [-0.2, -0.15) is 0 Å². The summed E-state index contributed by atoms with van der Waals surface area (Å²) in [6, 6.07) is 13.4. The van der Waals surface area contributed by atoms with Gasteiger partial charge in [-0.3, -0.25) is 10.1 Å². The number of rotatable bonds is 4. The molecule has 0 saturated heterocycles. The number of anilines is 1. The number of para-hydroxylation sites is 1. The molecule has 0 bridgehead atoms. The summed E-state index contributed by atoms with van der Waals surface area (Å²) in [4.78, 5) is 21.4. The normalized spacial score (nSPS) is 10.8. The van der Waals surface area contributed by atoms with Crippen LogP contribution >= 0.6 is 11.3 Å². The molecule has 0 aliphatic heterocycles. The van der Waals surface area contributed by atoms with Crippen molar-refractivity contribution >= 4 is 28.0 Å². The molecule has 0 unspecified atom stereocenters. The molecule has 3 aromatic heterocycles. The van der Waals surface area contributed by atoms with E-state index in [1.807, 2.05) is 59.2 Å². The molecule has 4 aromatic rings. The Morgan fingerprint density at radius 2 is 2.00 bits per heavy atom. The molecular weight excluding hydrogens is 348 g/mol. The predicted octanol–water partition coefficient (Wildman–Crippen LogP) is 4.03. The van der Waals surface area contributed by atoms with Gasteiger partial charge >= 0.3 is 0 Å². The number of ether oxygens (including phenoxy) is 1. The van der Waals surface area contributed by atoms with Crippen molar-refractivity contribution in [3.63, 3.8) is 0 Å². The summed E-state index contributed by atoms with van der Waals surface area (Å²) in [5.74, 6) is 0.459. The lowest BCUT2D eigenvalue weighted by Gasteiger charge is -2.04. The second-order valence-corrected chi connectivity index (χ2v) is 6.57. The van der Waals surface area contributed by atoms with Crippen LogP contribution in [0.15, 0.2) is 54.0 Å². The van der Waals surface area contributed by atoms with Crippen molar-refractivity contribution < 1.29 is 9.53 Å². The van der Waals surface area contributed by atoms with Gasteiger partial charge in [0.15, 0.2) is 5.13 Å². The van der Waals surface area contributed by atoms with Gasteiger partial charge in [-0.05, 0) is 31.2 Å². The number of carbonyl (C=O) groups is 1. The topological polar surface area (TPSA) is 68.5 Å². The molecule has 0 saturated carbocycles. The molecule has 130 valence electrons. The summed E-state index contributed by atoms with van der Waals surface area (Å²) in [7, 11) is 1.62. The molecule has 6 nitrogen and oxygen atoms in total. The van der Waals surface area contributed by atoms with Crippen LogP contribution in [0.3, 0.4) is 0 Å². The van der Waals surface area contributed by atoms with Crippen LogP contribution in [0, 0.1) is 6.92 Å². The van der Waals surface area contributed by atoms with E-state index in [2.05, 4.69) is 15.3 Å². The van der Waals surface area contributed by atoms with E-state index >= 15 is 0 Å². The molecule has 1 N–H and O–H groups in total. The van der Waals surface area contributed by atoms with E-state index in [-0.39, 0.29) is 5.91 Å². The van der Waals surface area contributed by atoms with Crippen molar-refractivity contribution in [3.05, 3.63) is 65.4 Å². The lowest BCUT2D eigenvalue weighted by Crippen LogP contribution is -2.12. The third-order valence-corrected chi connectivity index (χ3v) is 4.79. The van der Waals surface area contributed by atoms with Crippen LogP contribution in [0.1, 0.15) is 16.2 Å². The molecule has 3 heterocycles. The van der Waals surface area contributed by atoms with Crippen LogP contribution in [0.4, 0.5) is 5.13 Å². The summed E-state index contributed by atoms with van der Waals surface area (Å²) < 4.78 is 7.25. The summed E-state index contributed by atoms with van der Waals surface area (Å²) >= 11 is 1.36. The first kappa shape index (κ1) is 16.3. The average Bonchev–Trinajstić information content (AvgIpc) is 3.29. The van der Waals surface area contributed by atoms with Crippen LogP contribution in [0.5, 0.6) is 5.75 Å². The Labute approximate surface area is 154 Å². The van der Waals surface area contributed by atoms with Gasteiger partial charge in [-0.1, -0.05) is 18.2 Å². The van der Waals surface area contributed by atoms with Crippen molar-refractivity contribution in [1.29, 1.82) is 0 Å². The zero-order valence-corrected chi connectivity index (χ0v) is 15.1. The summed E-state index contributed by atoms with van der Waals surface area (Å²) in [6.07, 6.45) is 1.73. The molecule has 0 atom stereocenters. The van der Waals surface area contributed by atoms with E-state index in [1.54, 1.807) is 13.3 Å². The minimum atomic E-state index is -0.283. The van der Waals surface area contributed by atoms with E-state index < -0.39 is 0 Å². The fourth-order valence-electron chi connectivity index (χ4n) is 2.73. The highest BCUT2D eigenvalue weighted by atomic mass is 32.1. The second-order valence-electron chi connectivity index (χ2n) is 5.71. The fraction of sp³-hybridized carbons (Fsp3) is 0.105. The highest BCUT2D eigenvalue weighted by Gasteiger charge is 2.15. The number of aromatic nitrogens is 3. The van der Waals surface area contributed by atoms with Gasteiger partial charge in [0.25, 0.3) is 5.91 Å². The molecule has 7 heteroatoms. The summed E-state index contributed by atoms with van der Waals surface area (Å²) in [5.41, 5.74) is 3.75. The van der Waals surface area contributed by atoms with Gasteiger partial charge in [0.2, 0.25) is 0 Å². The molecular formula is C19H16N4O2S. The lowest BCUT2D eigenvalue weighted by atomic mass is 10.1. The van der Waals surface area contributed by atoms with Crippen molar-refractivity contribution in [1.82, 2.24) is 14.4 Å². The number of thiazole rings is 1. The molecule has 1 aromatic carbocycles. The van der Waals surface area contributed by atoms with Gasteiger partial charge in [-0.25, -0.2) is 9.97 Å². The smallest absolute Gasteiger partial charge is 0.277 e. The molecule has 0 aliphatic rings. The minimum Gasteiger partial charge on any atom is -0.496 e. The van der Waals surface area contributed by atoms with Crippen LogP contribution < -0.4 is 10.1 Å². The zero-order chi connectivity index (χ0) is 18.1. The number of hydrogen-bond donors (Lipinski definition) is 1. The number of hydrogen-bond acceptors (Lipinski definition) is 5. The largest absolute Gasteiger partial charge is 0.496 e. The number of nitrogens with one attached hydrogen (secondary N) is 1. The second kappa shape index (κ2) is 6.61. The number of amides is 1. The minimum absolute atomic E-state index is 0.283. The Balaban J connectivity index is 1.58. The fourth-order valence-corrected chi connectivity index (χ4v) is 3.44. The monoisotopic (exact) mass is 364 g/mol. The predicted molar refractivity (Wildman–Crippen MR) is 102 cm³/mol. The van der Waals surface area contributed by atoms with Gasteiger partial charge in [-0.15, -0.1) is 11.3 Å². The third-order valence-electron chi connectivity index (χ3n) is 4.04. The van der Waals surface area contributed by atoms with Gasteiger partial charge in [0, 0.05) is 22.8 Å². The highest BCUT2D eigenvalue weighted by molar-refractivity contribution is 7.14. The van der Waals surface area contributed by atoms with E-state index in [0.717, 1.165) is 28.3 Å². The Kier molecular flexibility index (Phi) is 4.14. The van der Waals surface area contributed by atoms with Crippen molar-refractivity contribution in [3.8, 4) is 17.0 Å². The Morgan fingerprint density at radius 1 is 1.15 bits per heavy atom. The highest BCUT2D eigenvalue weighted by Crippen LogP contribution is 2.31. The molecule has 1 amide bonds. The zero-order valence-electron chi connectivity index (χ0n) is 14.3. The van der Waals surface area contributed by atoms with E-state index in [0.29, 0.717) is 10.8 Å². The number of methoxy groups -OCH3 is 1. The van der Waals surface area contributed by atoms with Crippen molar-refractivity contribution in [2.45, 2.75) is 6.92 Å². The lowest BCUT2D eigenvalue weighted by molar-refractivity contribution is 0.102. The van der Waals surface area contributed by atoms with Crippen LogP contribution in [0.2, 0.25) is 0 Å².